The molecule has 2 heterocycles. The number of amides is 1. The summed E-state index contributed by atoms with van der Waals surface area (Å²) in [6, 6.07) is 21.9. The number of imidazole rings is 1. The number of pyridine rings is 1. The summed E-state index contributed by atoms with van der Waals surface area (Å²) in [4.78, 5) is 17.0. The van der Waals surface area contributed by atoms with Gasteiger partial charge in [-0.3, -0.25) is 4.79 Å². The van der Waals surface area contributed by atoms with E-state index >= 15 is 0 Å². The van der Waals surface area contributed by atoms with Crippen molar-refractivity contribution in [2.75, 3.05) is 0 Å². The molecule has 0 spiro atoms. The van der Waals surface area contributed by atoms with Gasteiger partial charge in [-0.1, -0.05) is 60.7 Å². The molecule has 2 aromatic carbocycles. The molecule has 1 N–H and O–H groups in total. The summed E-state index contributed by atoms with van der Waals surface area (Å²) in [5.41, 5.74) is 2.21. The van der Waals surface area contributed by atoms with E-state index in [2.05, 4.69) is 10.3 Å². The summed E-state index contributed by atoms with van der Waals surface area (Å²) in [5, 5.41) is 2.84. The van der Waals surface area contributed by atoms with E-state index in [1.807, 2.05) is 60.7 Å². The maximum atomic E-state index is 12.9. The molecule has 0 aliphatic rings. The van der Waals surface area contributed by atoms with E-state index in [1.165, 1.54) is 16.7 Å². The van der Waals surface area contributed by atoms with Gasteiger partial charge in [-0.05, 0) is 23.3 Å². The summed E-state index contributed by atoms with van der Waals surface area (Å²) in [7, 11) is 0. The van der Waals surface area contributed by atoms with Crippen LogP contribution in [0, 0.1) is 0 Å². The Hall–Kier alpha value is -3.61. The van der Waals surface area contributed by atoms with Gasteiger partial charge in [0.25, 0.3) is 0 Å². The van der Waals surface area contributed by atoms with Gasteiger partial charge in [0.15, 0.2) is 0 Å². The van der Waals surface area contributed by atoms with Crippen LogP contribution in [0.4, 0.5) is 13.2 Å². The SMILES string of the molecule is O=C(CC(c1ccccc1)c1ccccc1)NCc1cn2cc(C(F)(F)F)ccc2n1. The quantitative estimate of drug-likeness (QED) is 0.464. The van der Waals surface area contributed by atoms with Gasteiger partial charge >= 0.3 is 6.18 Å². The summed E-state index contributed by atoms with van der Waals surface area (Å²) in [6.45, 7) is 0.137. The number of fused-ring (bicyclic) bond motifs is 1. The second-order valence-corrected chi connectivity index (χ2v) is 7.27. The van der Waals surface area contributed by atoms with Crippen molar-refractivity contribution in [3.8, 4) is 0 Å². The van der Waals surface area contributed by atoms with Crippen LogP contribution >= 0.6 is 0 Å². The number of hydrogen-bond donors (Lipinski definition) is 1. The third-order valence-corrected chi connectivity index (χ3v) is 5.09. The van der Waals surface area contributed by atoms with E-state index in [4.69, 9.17) is 0 Å². The zero-order valence-corrected chi connectivity index (χ0v) is 16.5. The normalized spacial score (nSPS) is 11.7. The molecule has 0 radical (unpaired) electrons. The van der Waals surface area contributed by atoms with E-state index < -0.39 is 11.7 Å². The fraction of sp³-hybridized carbons (Fsp3) is 0.167. The first kappa shape index (κ1) is 20.7. The largest absolute Gasteiger partial charge is 0.417 e. The zero-order valence-electron chi connectivity index (χ0n) is 16.5. The molecular formula is C24H20F3N3O. The Kier molecular flexibility index (Phi) is 5.75. The highest BCUT2D eigenvalue weighted by atomic mass is 19.4. The summed E-state index contributed by atoms with van der Waals surface area (Å²) < 4.78 is 40.0. The molecule has 7 heteroatoms. The third kappa shape index (κ3) is 4.94. The lowest BCUT2D eigenvalue weighted by atomic mass is 9.88. The zero-order chi connectivity index (χ0) is 21.8. The highest BCUT2D eigenvalue weighted by Crippen LogP contribution is 2.29. The van der Waals surface area contributed by atoms with Crippen LogP contribution in [0.3, 0.4) is 0 Å². The number of alkyl halides is 3. The minimum absolute atomic E-state index is 0.0992. The van der Waals surface area contributed by atoms with E-state index in [9.17, 15) is 18.0 Å². The van der Waals surface area contributed by atoms with E-state index in [0.29, 0.717) is 11.3 Å². The maximum Gasteiger partial charge on any atom is 0.417 e. The lowest BCUT2D eigenvalue weighted by Gasteiger charge is -2.17. The van der Waals surface area contributed by atoms with Gasteiger partial charge in [0.05, 0.1) is 17.8 Å². The fourth-order valence-corrected chi connectivity index (χ4v) is 3.54. The van der Waals surface area contributed by atoms with Crippen molar-refractivity contribution in [1.82, 2.24) is 14.7 Å². The third-order valence-electron chi connectivity index (χ3n) is 5.09. The number of benzene rings is 2. The van der Waals surface area contributed by atoms with Gasteiger partial charge in [-0.25, -0.2) is 4.98 Å². The number of rotatable bonds is 6. The Labute approximate surface area is 177 Å². The smallest absolute Gasteiger partial charge is 0.350 e. The van der Waals surface area contributed by atoms with Gasteiger partial charge in [0.2, 0.25) is 5.91 Å². The number of hydrogen-bond acceptors (Lipinski definition) is 2. The highest BCUT2D eigenvalue weighted by Gasteiger charge is 2.30. The van der Waals surface area contributed by atoms with Crippen molar-refractivity contribution in [2.24, 2.45) is 0 Å². The van der Waals surface area contributed by atoms with Crippen LogP contribution in [0.5, 0.6) is 0 Å². The van der Waals surface area contributed by atoms with Crippen molar-refractivity contribution in [1.29, 1.82) is 0 Å². The van der Waals surface area contributed by atoms with Crippen molar-refractivity contribution >= 4 is 11.6 Å². The minimum atomic E-state index is -4.42. The first-order valence-corrected chi connectivity index (χ1v) is 9.81. The molecule has 158 valence electrons. The van der Waals surface area contributed by atoms with Gasteiger partial charge in [-0.2, -0.15) is 13.2 Å². The molecule has 0 unspecified atom stereocenters. The summed E-state index contributed by atoms with van der Waals surface area (Å²) in [6.07, 6.45) is -1.68. The number of nitrogens with one attached hydrogen (secondary N) is 1. The van der Waals surface area contributed by atoms with Crippen LogP contribution in [-0.4, -0.2) is 15.3 Å². The lowest BCUT2D eigenvalue weighted by Crippen LogP contribution is -2.25. The Bertz CT molecular complexity index is 1130. The molecular weight excluding hydrogens is 403 g/mol. The second-order valence-electron chi connectivity index (χ2n) is 7.27. The number of carbonyl (C=O) groups excluding carboxylic acids is 1. The predicted molar refractivity (Wildman–Crippen MR) is 111 cm³/mol. The van der Waals surface area contributed by atoms with E-state index in [-0.39, 0.29) is 24.8 Å². The van der Waals surface area contributed by atoms with E-state index in [0.717, 1.165) is 23.4 Å². The molecule has 31 heavy (non-hydrogen) atoms. The molecule has 0 fully saturated rings. The molecule has 4 rings (SSSR count). The standard InChI is InChI=1S/C24H20F3N3O/c25-24(26,27)19-11-12-22-29-20(16-30(22)15-19)14-28-23(31)13-21(17-7-3-1-4-8-17)18-9-5-2-6-10-18/h1-12,15-16,21H,13-14H2,(H,28,31). The molecule has 4 nitrogen and oxygen atoms in total. The molecule has 0 aliphatic carbocycles. The molecule has 0 saturated heterocycles. The van der Waals surface area contributed by atoms with Crippen LogP contribution in [0.15, 0.2) is 85.2 Å². The molecule has 2 aromatic heterocycles. The van der Waals surface area contributed by atoms with Crippen LogP contribution in [0.25, 0.3) is 5.65 Å². The van der Waals surface area contributed by atoms with Gasteiger partial charge in [0.1, 0.15) is 5.65 Å². The summed E-state index contributed by atoms with van der Waals surface area (Å²) in [5.74, 6) is -0.261. The Balaban J connectivity index is 1.46. The number of aromatic nitrogens is 2. The highest BCUT2D eigenvalue weighted by molar-refractivity contribution is 5.77. The number of halogens is 3. The maximum absolute atomic E-state index is 12.9. The van der Waals surface area contributed by atoms with Crippen LogP contribution in [0.1, 0.15) is 34.7 Å². The Morgan fingerprint density at radius 1 is 0.903 bits per heavy atom. The minimum Gasteiger partial charge on any atom is -0.350 e. The molecule has 0 atom stereocenters. The van der Waals surface area contributed by atoms with Crippen LogP contribution in [0.2, 0.25) is 0 Å². The number of carbonyl (C=O) groups is 1. The van der Waals surface area contributed by atoms with Gasteiger partial charge in [0, 0.05) is 24.7 Å². The molecule has 0 saturated carbocycles. The fourth-order valence-electron chi connectivity index (χ4n) is 3.54. The average Bonchev–Trinajstić information content (AvgIpc) is 3.19. The monoisotopic (exact) mass is 423 g/mol. The molecule has 0 aliphatic heterocycles. The van der Waals surface area contributed by atoms with Crippen molar-refractivity contribution in [3.63, 3.8) is 0 Å². The lowest BCUT2D eigenvalue weighted by molar-refractivity contribution is -0.137. The van der Waals surface area contributed by atoms with Crippen molar-refractivity contribution in [2.45, 2.75) is 25.1 Å². The molecule has 1 amide bonds. The van der Waals surface area contributed by atoms with Crippen LogP contribution < -0.4 is 5.32 Å². The van der Waals surface area contributed by atoms with E-state index in [1.54, 1.807) is 0 Å². The first-order chi connectivity index (χ1) is 14.9. The number of nitrogens with zero attached hydrogens (tertiary/aromatic N) is 2. The topological polar surface area (TPSA) is 46.4 Å². The summed E-state index contributed by atoms with van der Waals surface area (Å²) >= 11 is 0. The molecule has 4 aromatic rings. The Morgan fingerprint density at radius 3 is 2.10 bits per heavy atom. The first-order valence-electron chi connectivity index (χ1n) is 9.81. The van der Waals surface area contributed by atoms with Crippen LogP contribution in [-0.2, 0) is 17.5 Å². The van der Waals surface area contributed by atoms with Gasteiger partial charge in [-0.15, -0.1) is 0 Å². The molecule has 0 bridgehead atoms. The van der Waals surface area contributed by atoms with Gasteiger partial charge < -0.3 is 9.72 Å². The Morgan fingerprint density at radius 2 is 1.52 bits per heavy atom. The predicted octanol–water partition coefficient (Wildman–Crippen LogP) is 5.19. The van der Waals surface area contributed by atoms with Crippen molar-refractivity contribution in [3.05, 3.63) is 108 Å². The van der Waals surface area contributed by atoms with Crippen molar-refractivity contribution < 1.29 is 18.0 Å². The average molecular weight is 423 g/mol. The second kappa shape index (κ2) is 8.63.